The van der Waals surface area contributed by atoms with Gasteiger partial charge in [-0.25, -0.2) is 8.42 Å². The van der Waals surface area contributed by atoms with Crippen LogP contribution >= 0.6 is 0 Å². The number of ether oxygens (including phenoxy) is 1. The van der Waals surface area contributed by atoms with Crippen LogP contribution in [0.4, 0.5) is 0 Å². The molecule has 1 aliphatic heterocycles. The second-order valence-corrected chi connectivity index (χ2v) is 7.39. The molecule has 2 fully saturated rings. The van der Waals surface area contributed by atoms with Crippen molar-refractivity contribution in [3.63, 3.8) is 0 Å². The highest BCUT2D eigenvalue weighted by atomic mass is 32.2. The summed E-state index contributed by atoms with van der Waals surface area (Å²) in [5, 5.41) is 9.63. The maximum atomic E-state index is 12.5. The average molecular weight is 297 g/mol. The summed E-state index contributed by atoms with van der Waals surface area (Å²) in [6, 6.07) is 6.51. The van der Waals surface area contributed by atoms with E-state index in [-0.39, 0.29) is 16.9 Å². The molecule has 1 aromatic carbocycles. The lowest BCUT2D eigenvalue weighted by atomic mass is 9.74. The van der Waals surface area contributed by atoms with Crippen LogP contribution in [0.2, 0.25) is 0 Å². The largest absolute Gasteiger partial charge is 0.494 e. The fourth-order valence-electron chi connectivity index (χ4n) is 3.05. The minimum atomic E-state index is -3.45. The Labute approximate surface area is 119 Å². The van der Waals surface area contributed by atoms with E-state index >= 15 is 0 Å². The molecular formula is C14H19NO4S. The van der Waals surface area contributed by atoms with E-state index in [1.807, 2.05) is 6.92 Å². The molecule has 0 spiro atoms. The van der Waals surface area contributed by atoms with Gasteiger partial charge in [-0.05, 0) is 43.5 Å². The summed E-state index contributed by atoms with van der Waals surface area (Å²) < 4.78 is 31.9. The highest BCUT2D eigenvalue weighted by Crippen LogP contribution is 2.42. The molecule has 5 nitrogen and oxygen atoms in total. The summed E-state index contributed by atoms with van der Waals surface area (Å²) >= 11 is 0. The van der Waals surface area contributed by atoms with Gasteiger partial charge in [-0.3, -0.25) is 0 Å². The SMILES string of the molecule is CCOc1ccc(S(=O)(=O)N2C[C@H]3C[C@@H](O)[C@H]3C2)cc1. The third-order valence-corrected chi connectivity index (χ3v) is 6.11. The van der Waals surface area contributed by atoms with Crippen LogP contribution in [0.15, 0.2) is 29.2 Å². The monoisotopic (exact) mass is 297 g/mol. The molecule has 3 rings (SSSR count). The van der Waals surface area contributed by atoms with Crippen LogP contribution in [0.25, 0.3) is 0 Å². The first-order valence-electron chi connectivity index (χ1n) is 6.93. The van der Waals surface area contributed by atoms with Gasteiger partial charge in [0.1, 0.15) is 5.75 Å². The molecule has 6 heteroatoms. The van der Waals surface area contributed by atoms with Crippen LogP contribution in [-0.2, 0) is 10.0 Å². The Morgan fingerprint density at radius 3 is 2.55 bits per heavy atom. The zero-order valence-electron chi connectivity index (χ0n) is 11.4. The maximum absolute atomic E-state index is 12.5. The van der Waals surface area contributed by atoms with Gasteiger partial charge in [0.05, 0.1) is 17.6 Å². The fourth-order valence-corrected chi connectivity index (χ4v) is 4.58. The highest BCUT2D eigenvalue weighted by Gasteiger charge is 2.49. The van der Waals surface area contributed by atoms with Gasteiger partial charge in [0, 0.05) is 19.0 Å². The minimum absolute atomic E-state index is 0.118. The van der Waals surface area contributed by atoms with E-state index in [1.165, 1.54) is 4.31 Å². The number of hydrogen-bond donors (Lipinski definition) is 1. The fraction of sp³-hybridized carbons (Fsp3) is 0.571. The molecule has 1 N–H and O–H groups in total. The second kappa shape index (κ2) is 5.02. The Bertz CT molecular complexity index is 584. The van der Waals surface area contributed by atoms with Crippen molar-refractivity contribution in [3.05, 3.63) is 24.3 Å². The molecule has 3 atom stereocenters. The number of benzene rings is 1. The molecular weight excluding hydrogens is 278 g/mol. The Morgan fingerprint density at radius 2 is 2.00 bits per heavy atom. The van der Waals surface area contributed by atoms with Crippen molar-refractivity contribution in [2.75, 3.05) is 19.7 Å². The van der Waals surface area contributed by atoms with Gasteiger partial charge in [0.15, 0.2) is 0 Å². The zero-order valence-corrected chi connectivity index (χ0v) is 12.2. The predicted octanol–water partition coefficient (Wildman–Crippen LogP) is 1.09. The number of nitrogens with zero attached hydrogens (tertiary/aromatic N) is 1. The average Bonchev–Trinajstić information content (AvgIpc) is 2.78. The summed E-state index contributed by atoms with van der Waals surface area (Å²) in [5.74, 6) is 1.11. The number of sulfonamides is 1. The van der Waals surface area contributed by atoms with Gasteiger partial charge < -0.3 is 9.84 Å². The van der Waals surface area contributed by atoms with Gasteiger partial charge in [0.2, 0.25) is 10.0 Å². The molecule has 1 saturated heterocycles. The Kier molecular flexibility index (Phi) is 3.48. The molecule has 1 aliphatic carbocycles. The number of aliphatic hydroxyl groups is 1. The smallest absolute Gasteiger partial charge is 0.243 e. The van der Waals surface area contributed by atoms with Crippen molar-refractivity contribution in [3.8, 4) is 5.75 Å². The van der Waals surface area contributed by atoms with E-state index in [9.17, 15) is 13.5 Å². The number of aliphatic hydroxyl groups excluding tert-OH is 1. The summed E-state index contributed by atoms with van der Waals surface area (Å²) in [4.78, 5) is 0.289. The van der Waals surface area contributed by atoms with Crippen LogP contribution in [0, 0.1) is 11.8 Å². The molecule has 1 heterocycles. The normalized spacial score (nSPS) is 29.8. The lowest BCUT2D eigenvalue weighted by Gasteiger charge is -2.34. The van der Waals surface area contributed by atoms with Gasteiger partial charge in [-0.1, -0.05) is 0 Å². The number of fused-ring (bicyclic) bond motifs is 1. The summed E-state index contributed by atoms with van der Waals surface area (Å²) in [5.41, 5.74) is 0. The Hall–Kier alpha value is -1.11. The molecule has 0 unspecified atom stereocenters. The van der Waals surface area contributed by atoms with Crippen LogP contribution in [0.5, 0.6) is 5.75 Å². The molecule has 0 aromatic heterocycles. The molecule has 1 saturated carbocycles. The van der Waals surface area contributed by atoms with Gasteiger partial charge in [-0.15, -0.1) is 0 Å². The van der Waals surface area contributed by atoms with E-state index < -0.39 is 10.0 Å². The molecule has 0 bridgehead atoms. The van der Waals surface area contributed by atoms with Crippen molar-refractivity contribution in [1.82, 2.24) is 4.31 Å². The molecule has 1 aromatic rings. The van der Waals surface area contributed by atoms with Gasteiger partial charge in [0.25, 0.3) is 0 Å². The van der Waals surface area contributed by atoms with Crippen LogP contribution in [-0.4, -0.2) is 43.6 Å². The molecule has 0 amide bonds. The van der Waals surface area contributed by atoms with Crippen molar-refractivity contribution in [2.45, 2.75) is 24.3 Å². The van der Waals surface area contributed by atoms with Gasteiger partial charge >= 0.3 is 0 Å². The zero-order chi connectivity index (χ0) is 14.3. The van der Waals surface area contributed by atoms with E-state index in [0.717, 1.165) is 6.42 Å². The van der Waals surface area contributed by atoms with Crippen molar-refractivity contribution in [2.24, 2.45) is 11.8 Å². The quantitative estimate of drug-likeness (QED) is 0.903. The third-order valence-electron chi connectivity index (χ3n) is 4.27. The van der Waals surface area contributed by atoms with Crippen molar-refractivity contribution >= 4 is 10.0 Å². The molecule has 2 aliphatic rings. The van der Waals surface area contributed by atoms with Crippen LogP contribution in [0.1, 0.15) is 13.3 Å². The van der Waals surface area contributed by atoms with Crippen LogP contribution < -0.4 is 4.74 Å². The van der Waals surface area contributed by atoms with Crippen molar-refractivity contribution in [1.29, 1.82) is 0 Å². The molecule has 0 radical (unpaired) electrons. The third kappa shape index (κ3) is 2.21. The summed E-state index contributed by atoms with van der Waals surface area (Å²) in [6.07, 6.45) is 0.389. The first-order chi connectivity index (χ1) is 9.52. The minimum Gasteiger partial charge on any atom is -0.494 e. The standard InChI is InChI=1S/C14H19NO4S/c1-2-19-11-3-5-12(6-4-11)20(17,18)15-8-10-7-14(16)13(10)9-15/h3-6,10,13-14,16H,2,7-9H2,1H3/t10-,13+,14-/m1/s1. The highest BCUT2D eigenvalue weighted by molar-refractivity contribution is 7.89. The number of rotatable bonds is 4. The van der Waals surface area contributed by atoms with E-state index in [4.69, 9.17) is 4.74 Å². The van der Waals surface area contributed by atoms with E-state index in [2.05, 4.69) is 0 Å². The summed E-state index contributed by atoms with van der Waals surface area (Å²) in [6.45, 7) is 3.40. The molecule has 110 valence electrons. The lowest BCUT2D eigenvalue weighted by Crippen LogP contribution is -2.39. The van der Waals surface area contributed by atoms with Crippen LogP contribution in [0.3, 0.4) is 0 Å². The Morgan fingerprint density at radius 1 is 1.30 bits per heavy atom. The Balaban J connectivity index is 1.78. The van der Waals surface area contributed by atoms with E-state index in [1.54, 1.807) is 24.3 Å². The number of hydrogen-bond acceptors (Lipinski definition) is 4. The first kappa shape index (κ1) is 13.9. The predicted molar refractivity (Wildman–Crippen MR) is 74.0 cm³/mol. The lowest BCUT2D eigenvalue weighted by molar-refractivity contribution is -0.00416. The van der Waals surface area contributed by atoms with Crippen molar-refractivity contribution < 1.29 is 18.3 Å². The maximum Gasteiger partial charge on any atom is 0.243 e. The van der Waals surface area contributed by atoms with Gasteiger partial charge in [-0.2, -0.15) is 4.31 Å². The van der Waals surface area contributed by atoms with E-state index in [0.29, 0.717) is 31.4 Å². The topological polar surface area (TPSA) is 66.8 Å². The first-order valence-corrected chi connectivity index (χ1v) is 8.37. The second-order valence-electron chi connectivity index (χ2n) is 5.45. The summed E-state index contributed by atoms with van der Waals surface area (Å²) in [7, 11) is -3.45. The molecule has 20 heavy (non-hydrogen) atoms.